The molecule has 0 fully saturated rings. The summed E-state index contributed by atoms with van der Waals surface area (Å²) in [6.45, 7) is 25.1. The number of carboxylic acids is 1. The normalized spacial score (nSPS) is 11.3. The smallest absolute Gasteiger partial charge is 0.342 e. The van der Waals surface area contributed by atoms with Crippen molar-refractivity contribution in [3.8, 4) is 0 Å². The summed E-state index contributed by atoms with van der Waals surface area (Å²) in [5.41, 5.74) is -4.28. The summed E-state index contributed by atoms with van der Waals surface area (Å²) in [6, 6.07) is 34.4. The number of hydrogen-bond acceptors (Lipinski definition) is 22. The number of carbonyl (C=O) groups is 6. The van der Waals surface area contributed by atoms with Crippen molar-refractivity contribution < 1.29 is 122 Å². The van der Waals surface area contributed by atoms with Gasteiger partial charge in [0.25, 0.3) is 25.7 Å². The molecule has 0 spiro atoms. The third-order valence-electron chi connectivity index (χ3n) is 13.0. The van der Waals surface area contributed by atoms with E-state index in [-0.39, 0.29) is 79.3 Å². The number of nitrogens with zero attached hydrogens (tertiary/aromatic N) is 5. The van der Waals surface area contributed by atoms with Gasteiger partial charge in [-0.05, 0) is 95.1 Å². The Balaban J connectivity index is -0.000000200. The van der Waals surface area contributed by atoms with E-state index < -0.39 is 117 Å². The number of aliphatic hydroxyl groups excluding tert-OH is 1. The van der Waals surface area contributed by atoms with Crippen molar-refractivity contribution in [3.05, 3.63) is 193 Å². The van der Waals surface area contributed by atoms with Gasteiger partial charge in [-0.3, -0.25) is 39.1 Å². The van der Waals surface area contributed by atoms with Crippen LogP contribution in [-0.4, -0.2) is 177 Å². The molecule has 8 rings (SSSR count). The number of alkyl halides is 8. The van der Waals surface area contributed by atoms with Crippen molar-refractivity contribution in [2.45, 2.75) is 160 Å². The topological polar surface area (TPSA) is 387 Å². The molecule has 118 heavy (non-hydrogen) atoms. The Morgan fingerprint density at radius 3 is 1.12 bits per heavy atom. The quantitative estimate of drug-likeness (QED) is 0.00232. The van der Waals surface area contributed by atoms with Crippen LogP contribution < -0.4 is 13.3 Å². The van der Waals surface area contributed by atoms with Crippen LogP contribution >= 0.6 is 148 Å². The zero-order valence-corrected chi connectivity index (χ0v) is 84.3. The fourth-order valence-electron chi connectivity index (χ4n) is 7.57. The maximum atomic E-state index is 13.1. The van der Waals surface area contributed by atoms with Crippen molar-refractivity contribution in [2.24, 2.45) is 5.16 Å². The van der Waals surface area contributed by atoms with Crippen LogP contribution in [0.4, 0.5) is 35.1 Å². The number of aromatic nitrogens is 4. The number of esters is 3. The number of pyridine rings is 4. The number of fused-ring (bicyclic) bond motifs is 4. The number of rotatable bonds is 24. The average Bonchev–Trinajstić information content (AvgIpc) is 0.820. The average molecular weight is 2690 g/mol. The molecule has 3 unspecified atom stereocenters. The SMILES string of the molecule is C.C.C=C(C=O)COC(C)=O.C=C(COC(C)=O)C(F)F.CC.CC.CC.CC.CC(=O)I(I)I.CC(=O)OCC(O)(CC(=N)c1ccc2ncccc2c1)C(F)F.I.II.I[I-]I.N=C(CC(O)(C(=O)O)C(F)F)c1ccc2ncccc2c1.N=C(CC(O)(CO)C(F)F)c1ccc2ncccc2c1.ON=Cc1ccc2ncccc2c1. The summed E-state index contributed by atoms with van der Waals surface area (Å²) >= 11 is 12.9. The number of halogens is 17. The van der Waals surface area contributed by atoms with E-state index in [1.165, 1.54) is 19.2 Å². The van der Waals surface area contributed by atoms with E-state index in [2.05, 4.69) is 164 Å². The Morgan fingerprint density at radius 1 is 0.542 bits per heavy atom. The molecule has 4 aromatic carbocycles. The maximum Gasteiger partial charge on any atom is 0.342 e. The number of benzene rings is 4. The van der Waals surface area contributed by atoms with Gasteiger partial charge >= 0.3 is 139 Å². The minimum atomic E-state index is -3.49. The second-order valence-electron chi connectivity index (χ2n) is 21.2. The monoisotopic (exact) mass is 2680 g/mol. The first kappa shape index (κ1) is 129. The first-order valence-electron chi connectivity index (χ1n) is 33.5. The third kappa shape index (κ3) is 54.2. The van der Waals surface area contributed by atoms with E-state index in [4.69, 9.17) is 31.6 Å². The summed E-state index contributed by atoms with van der Waals surface area (Å²) < 4.78 is 114. The molecule has 4 aromatic heterocycles. The number of oxime groups is 1. The van der Waals surface area contributed by atoms with Crippen LogP contribution in [0.15, 0.2) is 176 Å². The Labute approximate surface area is 780 Å². The van der Waals surface area contributed by atoms with Crippen LogP contribution in [0.5, 0.6) is 0 Å². The van der Waals surface area contributed by atoms with Gasteiger partial charge < -0.3 is 61.2 Å². The number of aldehydes is 1. The molecule has 0 aliphatic carbocycles. The first-order valence-corrected chi connectivity index (χ1v) is 66.0. The Hall–Kier alpha value is -4.45. The van der Waals surface area contributed by atoms with Gasteiger partial charge in [0.15, 0.2) is 11.2 Å². The van der Waals surface area contributed by atoms with Crippen molar-refractivity contribution in [3.63, 3.8) is 0 Å². The van der Waals surface area contributed by atoms with Crippen molar-refractivity contribution in [1.29, 1.82) is 16.2 Å². The maximum absolute atomic E-state index is 13.1. The van der Waals surface area contributed by atoms with E-state index in [1.54, 1.807) is 117 Å². The molecule has 3 atom stereocenters. The molecule has 0 radical (unpaired) electrons. The Bertz CT molecular complexity index is 4290. The fourth-order valence-corrected chi connectivity index (χ4v) is 7.57. The van der Waals surface area contributed by atoms with Gasteiger partial charge in [0.1, 0.15) is 26.1 Å². The predicted octanol–water partition coefficient (Wildman–Crippen LogP) is 19.6. The molecule has 0 saturated carbocycles. The van der Waals surface area contributed by atoms with E-state index >= 15 is 0 Å². The van der Waals surface area contributed by atoms with Gasteiger partial charge in [-0.25, -0.2) is 39.9 Å². The number of nitrogens with one attached hydrogen (secondary N) is 3. The zero-order valence-electron chi connectivity index (χ0n) is 64.7. The van der Waals surface area contributed by atoms with E-state index in [9.17, 15) is 79.2 Å². The van der Waals surface area contributed by atoms with Gasteiger partial charge in [-0.2, -0.15) is 0 Å². The van der Waals surface area contributed by atoms with Gasteiger partial charge in [-0.15, -0.1) is 24.0 Å². The third-order valence-corrected chi connectivity index (χ3v) is 21.9. The zero-order chi connectivity index (χ0) is 89.8. The molecule has 23 nitrogen and oxygen atoms in total. The molecular weight excluding hydrogens is 2580 g/mol. The van der Waals surface area contributed by atoms with Crippen molar-refractivity contribution >= 4 is 248 Å². The summed E-state index contributed by atoms with van der Waals surface area (Å²) in [6.07, 6.45) is -6.04. The van der Waals surface area contributed by atoms with Crippen molar-refractivity contribution in [1.82, 2.24) is 19.9 Å². The van der Waals surface area contributed by atoms with Gasteiger partial charge in [0.05, 0.1) is 34.9 Å². The van der Waals surface area contributed by atoms with E-state index in [0.717, 1.165) is 46.6 Å². The molecule has 0 saturated heterocycles. The van der Waals surface area contributed by atoms with Gasteiger partial charge in [0, 0.05) is 152 Å². The van der Waals surface area contributed by atoms with Crippen LogP contribution in [0.1, 0.15) is 139 Å². The van der Waals surface area contributed by atoms with Gasteiger partial charge in [0.2, 0.25) is 5.60 Å². The molecule has 8 aromatic rings. The number of aliphatic hydroxyl groups is 4. The van der Waals surface area contributed by atoms with Crippen LogP contribution in [0.25, 0.3) is 43.6 Å². The second-order valence-corrected chi connectivity index (χ2v) is 61.5. The Morgan fingerprint density at radius 2 is 0.847 bits per heavy atom. The predicted molar refractivity (Wildman–Crippen MR) is 522 cm³/mol. The molecule has 40 heteroatoms. The van der Waals surface area contributed by atoms with Crippen LogP contribution in [0.3, 0.4) is 0 Å². The number of carbonyl (C=O) groups excluding carboxylic acids is 5. The number of ether oxygens (including phenoxy) is 3. The largest absolute Gasteiger partial charge is 0.479 e. The number of aliphatic carboxylic acids is 1. The van der Waals surface area contributed by atoms with E-state index in [1.807, 2.05) is 85.7 Å². The second kappa shape index (κ2) is 75.1. The van der Waals surface area contributed by atoms with Gasteiger partial charge in [-0.1, -0.05) is 137 Å². The standard InChI is InChI=1S/C16H16F2N2O3.C14H12F2N2O3.C14H14F2N2O2.C10H8N2O.C6H8F2O2.C6H8O3.C2H3I3O.4C2H6.2CH4.I3.I2.HI/c1-10(21)23-9-16(22,15(17)18)8-13(19)11-4-5-14-12(7-11)3-2-6-20-14;15-12(16)14(21,13(19)20)7-10(17)8-3-4-11-9(6-8)2-1-5-18-11;15-13(16)14(20,8-19)7-11(17)9-3-4-12-10(6-9)2-1-5-18-12;13-12-7-8-3-4-10-9(6-8)2-1-5-11-10;1-4(6(7)8)3-10-5(2)9;1-5(3-7)4-9-6(2)8;1-2(6)5(3)4;4*1-2;;;1-3-2;1-2;/h2-7,15,19,22H,8-9H2,1H3;1-6,12,17,21H,7H2,(H,19,20);1-6,13,17,19-20H,7-8H2;1-7,13H;6H,1,3H2,2H3;3H,1,4H2,2H3;1H3;4*1-2H3;2*1H4;;;1H/q;;;;;;;;;;;;;-1;;. The van der Waals surface area contributed by atoms with Crippen LogP contribution in [-0.2, 0) is 43.0 Å². The minimum Gasteiger partial charge on any atom is -0.479 e. The first-order chi connectivity index (χ1) is 54.3. The fraction of sp³-hybridized carbons (Fsp3) is 0.359. The molecule has 0 aliphatic rings. The summed E-state index contributed by atoms with van der Waals surface area (Å²) in [5, 5.41) is 84.9. The van der Waals surface area contributed by atoms with Crippen LogP contribution in [0, 0.1) is 16.2 Å². The van der Waals surface area contributed by atoms with Crippen LogP contribution in [0.2, 0.25) is 0 Å². The number of carboxylic acid groups (broad SMARTS) is 1. The molecule has 9 N–H and O–H groups in total. The summed E-state index contributed by atoms with van der Waals surface area (Å²) in [7, 11) is 0. The summed E-state index contributed by atoms with van der Waals surface area (Å²) in [5.74, 6) is -3.81. The number of hydrogen-bond donors (Lipinski definition) is 9. The molecule has 0 bridgehead atoms. The summed E-state index contributed by atoms with van der Waals surface area (Å²) in [4.78, 5) is 78.3. The molecule has 0 aliphatic heterocycles. The molecular formula is C78H102F8I9N8O15-. The Kier molecular flexibility index (Phi) is 82.2. The molecule has 4 heterocycles. The molecule has 664 valence electrons. The minimum absolute atomic E-state index is 0. The molecule has 0 amide bonds. The van der Waals surface area contributed by atoms with E-state index in [0.29, 0.717) is 50.9 Å². The van der Waals surface area contributed by atoms with Crippen molar-refractivity contribution in [2.75, 3.05) is 26.4 Å².